The summed E-state index contributed by atoms with van der Waals surface area (Å²) in [5.41, 5.74) is 4.32. The lowest BCUT2D eigenvalue weighted by atomic mass is 9.86. The number of rotatable bonds is 2. The van der Waals surface area contributed by atoms with E-state index in [1.807, 2.05) is 26.2 Å². The summed E-state index contributed by atoms with van der Waals surface area (Å²) in [5.74, 6) is -0.901. The van der Waals surface area contributed by atoms with Gasteiger partial charge in [0.15, 0.2) is 0 Å². The predicted octanol–water partition coefficient (Wildman–Crippen LogP) is 3.39. The van der Waals surface area contributed by atoms with Crippen molar-refractivity contribution in [3.05, 3.63) is 41.2 Å². The fourth-order valence-corrected chi connectivity index (χ4v) is 2.34. The topological polar surface area (TPSA) is 55.1 Å². The number of aromatic nitrogens is 2. The molecule has 0 amide bonds. The third kappa shape index (κ3) is 2.59. The summed E-state index contributed by atoms with van der Waals surface area (Å²) in [6.45, 7) is 8.31. The molecule has 2 aromatic rings. The number of carbonyl (C=O) groups is 1. The lowest BCUT2D eigenvalue weighted by Gasteiger charge is -2.18. The fourth-order valence-electron chi connectivity index (χ4n) is 2.34. The van der Waals surface area contributed by atoms with Gasteiger partial charge < -0.3 is 5.11 Å². The third-order valence-corrected chi connectivity index (χ3v) is 3.30. The summed E-state index contributed by atoms with van der Waals surface area (Å²) in [6, 6.07) is 5.21. The van der Waals surface area contributed by atoms with E-state index in [1.54, 1.807) is 16.8 Å². The molecule has 0 aliphatic heterocycles. The second-order valence-electron chi connectivity index (χ2n) is 6.15. The van der Waals surface area contributed by atoms with Crippen LogP contribution in [-0.2, 0) is 12.5 Å². The minimum atomic E-state index is -0.901. The molecular formula is C16H20N2O2. The largest absolute Gasteiger partial charge is 0.478 e. The van der Waals surface area contributed by atoms with Crippen molar-refractivity contribution in [1.29, 1.82) is 0 Å². The minimum Gasteiger partial charge on any atom is -0.478 e. The Hall–Kier alpha value is -2.10. The van der Waals surface area contributed by atoms with E-state index in [0.29, 0.717) is 5.56 Å². The molecule has 1 N–H and O–H groups in total. The highest BCUT2D eigenvalue weighted by Gasteiger charge is 2.23. The fraction of sp³-hybridized carbons (Fsp3) is 0.375. The van der Waals surface area contributed by atoms with E-state index >= 15 is 0 Å². The molecule has 0 unspecified atom stereocenters. The van der Waals surface area contributed by atoms with Crippen molar-refractivity contribution in [1.82, 2.24) is 9.78 Å². The molecule has 0 bridgehead atoms. The van der Waals surface area contributed by atoms with Gasteiger partial charge >= 0.3 is 5.97 Å². The second kappa shape index (κ2) is 4.78. The Morgan fingerprint density at radius 3 is 2.40 bits per heavy atom. The van der Waals surface area contributed by atoms with Crippen LogP contribution in [0, 0.1) is 6.92 Å². The van der Waals surface area contributed by atoms with Crippen LogP contribution in [0.2, 0.25) is 0 Å². The van der Waals surface area contributed by atoms with Crippen LogP contribution in [0.1, 0.15) is 42.4 Å². The first kappa shape index (κ1) is 14.3. The second-order valence-corrected chi connectivity index (χ2v) is 6.15. The lowest BCUT2D eigenvalue weighted by Crippen LogP contribution is -2.14. The molecule has 1 aromatic heterocycles. The van der Waals surface area contributed by atoms with Gasteiger partial charge in [0.25, 0.3) is 0 Å². The smallest absolute Gasteiger partial charge is 0.335 e. The Bertz CT molecular complexity index is 664. The molecule has 4 heteroatoms. The number of carboxylic acids is 1. The Morgan fingerprint density at radius 1 is 1.25 bits per heavy atom. The molecule has 0 aliphatic rings. The predicted molar refractivity (Wildman–Crippen MR) is 79.0 cm³/mol. The first-order valence-corrected chi connectivity index (χ1v) is 6.58. The van der Waals surface area contributed by atoms with E-state index in [9.17, 15) is 4.79 Å². The monoisotopic (exact) mass is 272 g/mol. The lowest BCUT2D eigenvalue weighted by molar-refractivity contribution is 0.0697. The van der Waals surface area contributed by atoms with Gasteiger partial charge in [0.05, 0.1) is 11.3 Å². The van der Waals surface area contributed by atoms with Crippen LogP contribution in [0.25, 0.3) is 11.1 Å². The molecular weight excluding hydrogens is 252 g/mol. The zero-order chi connectivity index (χ0) is 15.1. The third-order valence-electron chi connectivity index (χ3n) is 3.30. The number of hydrogen-bond acceptors (Lipinski definition) is 2. The zero-order valence-electron chi connectivity index (χ0n) is 12.6. The minimum absolute atomic E-state index is 0.0610. The van der Waals surface area contributed by atoms with E-state index in [1.165, 1.54) is 0 Å². The van der Waals surface area contributed by atoms with Gasteiger partial charge in [0.2, 0.25) is 0 Å². The number of hydrogen-bond donors (Lipinski definition) is 1. The summed E-state index contributed by atoms with van der Waals surface area (Å²) in [5, 5.41) is 13.6. The Balaban J connectivity index is 2.61. The Morgan fingerprint density at radius 2 is 1.90 bits per heavy atom. The molecule has 1 heterocycles. The van der Waals surface area contributed by atoms with Crippen LogP contribution in [0.3, 0.4) is 0 Å². The average molecular weight is 272 g/mol. The highest BCUT2D eigenvalue weighted by Crippen LogP contribution is 2.33. The molecule has 20 heavy (non-hydrogen) atoms. The molecule has 0 spiro atoms. The molecule has 1 aromatic carbocycles. The van der Waals surface area contributed by atoms with Crippen LogP contribution in [0.4, 0.5) is 0 Å². The van der Waals surface area contributed by atoms with E-state index in [2.05, 4.69) is 25.9 Å². The normalized spacial score (nSPS) is 11.7. The number of nitrogens with zero attached hydrogens (tertiary/aromatic N) is 2. The van der Waals surface area contributed by atoms with Crippen molar-refractivity contribution >= 4 is 5.97 Å². The van der Waals surface area contributed by atoms with Crippen molar-refractivity contribution in [2.45, 2.75) is 33.1 Å². The highest BCUT2D eigenvalue weighted by molar-refractivity contribution is 5.89. The first-order valence-electron chi connectivity index (χ1n) is 6.58. The number of aryl methyl sites for hydroxylation is 2. The van der Waals surface area contributed by atoms with Crippen LogP contribution in [-0.4, -0.2) is 20.9 Å². The average Bonchev–Trinajstić information content (AvgIpc) is 2.70. The maximum atomic E-state index is 11.0. The standard InChI is InChI=1S/C16H20N2O2/c1-10-8-11(15(19)20)6-7-12(10)13-9-18(5)17-14(13)16(2,3)4/h6-9H,1-5H3,(H,19,20). The van der Waals surface area contributed by atoms with Crippen molar-refractivity contribution in [3.63, 3.8) is 0 Å². The SMILES string of the molecule is Cc1cc(C(=O)O)ccc1-c1cn(C)nc1C(C)(C)C. The number of benzene rings is 1. The molecule has 0 aliphatic carbocycles. The summed E-state index contributed by atoms with van der Waals surface area (Å²) in [4.78, 5) is 11.0. The van der Waals surface area contributed by atoms with Gasteiger partial charge in [-0.25, -0.2) is 4.79 Å². The molecule has 0 radical (unpaired) electrons. The first-order chi connectivity index (χ1) is 9.20. The number of carboxylic acid groups (broad SMARTS) is 1. The molecule has 0 saturated carbocycles. The van der Waals surface area contributed by atoms with E-state index in [-0.39, 0.29) is 5.41 Å². The molecule has 0 atom stereocenters. The summed E-state index contributed by atoms with van der Waals surface area (Å²) in [6.07, 6.45) is 1.99. The Labute approximate surface area is 119 Å². The van der Waals surface area contributed by atoms with Gasteiger partial charge in [0.1, 0.15) is 0 Å². The van der Waals surface area contributed by atoms with Crippen molar-refractivity contribution in [3.8, 4) is 11.1 Å². The number of aromatic carboxylic acids is 1. The van der Waals surface area contributed by atoms with Gasteiger partial charge in [-0.15, -0.1) is 0 Å². The molecule has 2 rings (SSSR count). The maximum Gasteiger partial charge on any atom is 0.335 e. The van der Waals surface area contributed by atoms with E-state index < -0.39 is 5.97 Å². The summed E-state index contributed by atoms with van der Waals surface area (Å²) >= 11 is 0. The van der Waals surface area contributed by atoms with Gasteiger partial charge in [-0.3, -0.25) is 4.68 Å². The maximum absolute atomic E-state index is 11.0. The van der Waals surface area contributed by atoms with Crippen molar-refractivity contribution in [2.75, 3.05) is 0 Å². The molecule has 106 valence electrons. The summed E-state index contributed by atoms with van der Waals surface area (Å²) < 4.78 is 1.81. The van der Waals surface area contributed by atoms with Gasteiger partial charge in [-0.2, -0.15) is 5.10 Å². The highest BCUT2D eigenvalue weighted by atomic mass is 16.4. The molecule has 0 saturated heterocycles. The summed E-state index contributed by atoms with van der Waals surface area (Å²) in [7, 11) is 1.90. The van der Waals surface area contributed by atoms with Crippen LogP contribution < -0.4 is 0 Å². The van der Waals surface area contributed by atoms with Crippen LogP contribution in [0.5, 0.6) is 0 Å². The van der Waals surface area contributed by atoms with Crippen LogP contribution in [0.15, 0.2) is 24.4 Å². The van der Waals surface area contributed by atoms with Crippen molar-refractivity contribution < 1.29 is 9.90 Å². The molecule has 4 nitrogen and oxygen atoms in total. The Kier molecular flexibility index (Phi) is 3.42. The van der Waals surface area contributed by atoms with E-state index in [0.717, 1.165) is 22.4 Å². The van der Waals surface area contributed by atoms with Gasteiger partial charge in [-0.1, -0.05) is 26.8 Å². The van der Waals surface area contributed by atoms with Crippen LogP contribution >= 0.6 is 0 Å². The van der Waals surface area contributed by atoms with Gasteiger partial charge in [-0.05, 0) is 30.2 Å². The van der Waals surface area contributed by atoms with E-state index in [4.69, 9.17) is 5.11 Å². The quantitative estimate of drug-likeness (QED) is 0.911. The zero-order valence-corrected chi connectivity index (χ0v) is 12.6. The molecule has 0 fully saturated rings. The van der Waals surface area contributed by atoms with Gasteiger partial charge in [0, 0.05) is 24.2 Å². The van der Waals surface area contributed by atoms with Crippen molar-refractivity contribution in [2.24, 2.45) is 7.05 Å².